The van der Waals surface area contributed by atoms with Crippen LogP contribution in [0.2, 0.25) is 0 Å². The second-order valence-electron chi connectivity index (χ2n) is 6.78. The monoisotopic (exact) mass is 339 g/mol. The standard InChI is InChI=1S/C17H33N5O2/c1-6-9-18-17(19-12-15(23)21(4)5)20-14-7-10-22(11-8-14)16(24)13(2)3/h13-14H,6-12H2,1-5H3,(H2,18,19,20). The van der Waals surface area contributed by atoms with E-state index >= 15 is 0 Å². The molecule has 1 saturated heterocycles. The minimum Gasteiger partial charge on any atom is -0.356 e. The number of amides is 2. The second-order valence-corrected chi connectivity index (χ2v) is 6.78. The summed E-state index contributed by atoms with van der Waals surface area (Å²) in [7, 11) is 3.46. The van der Waals surface area contributed by atoms with Gasteiger partial charge in [0.2, 0.25) is 11.8 Å². The van der Waals surface area contributed by atoms with Crippen LogP contribution in [0, 0.1) is 5.92 Å². The van der Waals surface area contributed by atoms with Gasteiger partial charge in [-0.15, -0.1) is 0 Å². The summed E-state index contributed by atoms with van der Waals surface area (Å²) in [5.41, 5.74) is 0. The largest absolute Gasteiger partial charge is 0.356 e. The fourth-order valence-electron chi connectivity index (χ4n) is 2.49. The van der Waals surface area contributed by atoms with E-state index in [-0.39, 0.29) is 30.3 Å². The zero-order valence-corrected chi connectivity index (χ0v) is 15.8. The molecular weight excluding hydrogens is 306 g/mol. The maximum Gasteiger partial charge on any atom is 0.243 e. The van der Waals surface area contributed by atoms with Crippen LogP contribution in [-0.4, -0.2) is 73.9 Å². The van der Waals surface area contributed by atoms with Gasteiger partial charge in [-0.2, -0.15) is 0 Å². The molecule has 1 aliphatic rings. The molecule has 0 spiro atoms. The molecule has 0 aromatic heterocycles. The molecule has 0 atom stereocenters. The first kappa shape index (κ1) is 20.3. The number of carbonyl (C=O) groups is 2. The summed E-state index contributed by atoms with van der Waals surface area (Å²) < 4.78 is 0. The minimum absolute atomic E-state index is 0.0232. The summed E-state index contributed by atoms with van der Waals surface area (Å²) in [4.78, 5) is 31.6. The average Bonchev–Trinajstić information content (AvgIpc) is 2.56. The van der Waals surface area contributed by atoms with E-state index in [1.54, 1.807) is 14.1 Å². The molecule has 0 aromatic carbocycles. The molecule has 1 fully saturated rings. The van der Waals surface area contributed by atoms with Gasteiger partial charge in [0.1, 0.15) is 6.54 Å². The number of hydrogen-bond acceptors (Lipinski definition) is 3. The molecule has 7 nitrogen and oxygen atoms in total. The lowest BCUT2D eigenvalue weighted by molar-refractivity contribution is -0.135. The van der Waals surface area contributed by atoms with Crippen LogP contribution in [0.25, 0.3) is 0 Å². The fourth-order valence-corrected chi connectivity index (χ4v) is 2.49. The molecule has 0 aromatic rings. The number of carbonyl (C=O) groups excluding carboxylic acids is 2. The highest BCUT2D eigenvalue weighted by Crippen LogP contribution is 2.13. The Balaban J connectivity index is 2.54. The van der Waals surface area contributed by atoms with Gasteiger partial charge in [-0.1, -0.05) is 20.8 Å². The van der Waals surface area contributed by atoms with Crippen LogP contribution in [0.15, 0.2) is 4.99 Å². The van der Waals surface area contributed by atoms with Crippen molar-refractivity contribution in [2.75, 3.05) is 40.3 Å². The third-order valence-corrected chi connectivity index (χ3v) is 4.06. The van der Waals surface area contributed by atoms with Gasteiger partial charge in [-0.3, -0.25) is 9.59 Å². The molecular formula is C17H33N5O2. The number of likely N-dealkylation sites (N-methyl/N-ethyl adjacent to an activating group) is 1. The van der Waals surface area contributed by atoms with Crippen LogP contribution in [-0.2, 0) is 9.59 Å². The van der Waals surface area contributed by atoms with Crippen LogP contribution >= 0.6 is 0 Å². The van der Waals surface area contributed by atoms with Crippen molar-refractivity contribution in [3.8, 4) is 0 Å². The highest BCUT2D eigenvalue weighted by molar-refractivity contribution is 5.85. The summed E-state index contributed by atoms with van der Waals surface area (Å²) >= 11 is 0. The third-order valence-electron chi connectivity index (χ3n) is 4.06. The Morgan fingerprint density at radius 3 is 2.38 bits per heavy atom. The molecule has 138 valence electrons. The van der Waals surface area contributed by atoms with E-state index < -0.39 is 0 Å². The van der Waals surface area contributed by atoms with E-state index in [0.717, 1.165) is 38.9 Å². The van der Waals surface area contributed by atoms with Crippen LogP contribution in [0.1, 0.15) is 40.0 Å². The van der Waals surface area contributed by atoms with E-state index in [1.807, 2.05) is 18.7 Å². The Hall–Kier alpha value is -1.79. The van der Waals surface area contributed by atoms with Gasteiger partial charge in [0, 0.05) is 45.7 Å². The van der Waals surface area contributed by atoms with Gasteiger partial charge >= 0.3 is 0 Å². The lowest BCUT2D eigenvalue weighted by Gasteiger charge is -2.34. The molecule has 1 aliphatic heterocycles. The quantitative estimate of drug-likeness (QED) is 0.551. The van der Waals surface area contributed by atoms with Gasteiger partial charge in [0.15, 0.2) is 5.96 Å². The SMILES string of the molecule is CCCNC(=NCC(=O)N(C)C)NC1CCN(C(=O)C(C)C)CC1. The minimum atomic E-state index is -0.0232. The first-order chi connectivity index (χ1) is 11.3. The van der Waals surface area contributed by atoms with Crippen molar-refractivity contribution in [2.24, 2.45) is 10.9 Å². The summed E-state index contributed by atoms with van der Waals surface area (Å²) in [5.74, 6) is 0.934. The second kappa shape index (κ2) is 10.2. The Kier molecular flexibility index (Phi) is 8.57. The van der Waals surface area contributed by atoms with Crippen molar-refractivity contribution in [3.05, 3.63) is 0 Å². The summed E-state index contributed by atoms with van der Waals surface area (Å²) in [5, 5.41) is 6.65. The lowest BCUT2D eigenvalue weighted by Crippen LogP contribution is -2.50. The highest BCUT2D eigenvalue weighted by atomic mass is 16.2. The maximum absolute atomic E-state index is 12.0. The molecule has 2 amide bonds. The molecule has 0 bridgehead atoms. The van der Waals surface area contributed by atoms with E-state index in [1.165, 1.54) is 4.90 Å². The Bertz CT molecular complexity index is 440. The topological polar surface area (TPSA) is 77.0 Å². The Labute approximate surface area is 145 Å². The number of aliphatic imine (C=N–C) groups is 1. The smallest absolute Gasteiger partial charge is 0.243 e. The van der Waals surface area contributed by atoms with Crippen LogP contribution in [0.4, 0.5) is 0 Å². The number of nitrogens with one attached hydrogen (secondary N) is 2. The van der Waals surface area contributed by atoms with Gasteiger partial charge in [-0.05, 0) is 19.3 Å². The van der Waals surface area contributed by atoms with Crippen molar-refractivity contribution < 1.29 is 9.59 Å². The first-order valence-corrected chi connectivity index (χ1v) is 8.88. The number of likely N-dealkylation sites (tertiary alicyclic amines) is 1. The van der Waals surface area contributed by atoms with Crippen molar-refractivity contribution in [2.45, 2.75) is 46.1 Å². The molecule has 1 heterocycles. The van der Waals surface area contributed by atoms with E-state index in [9.17, 15) is 9.59 Å². The zero-order chi connectivity index (χ0) is 18.1. The molecule has 0 unspecified atom stereocenters. The van der Waals surface area contributed by atoms with Crippen molar-refractivity contribution in [3.63, 3.8) is 0 Å². The van der Waals surface area contributed by atoms with Gasteiger partial charge in [-0.25, -0.2) is 4.99 Å². The maximum atomic E-state index is 12.0. The average molecular weight is 339 g/mol. The van der Waals surface area contributed by atoms with E-state index in [0.29, 0.717) is 5.96 Å². The number of piperidine rings is 1. The molecule has 1 rings (SSSR count). The fraction of sp³-hybridized carbons (Fsp3) is 0.824. The molecule has 0 saturated carbocycles. The molecule has 24 heavy (non-hydrogen) atoms. The summed E-state index contributed by atoms with van der Waals surface area (Å²) in [6, 6.07) is 0.277. The van der Waals surface area contributed by atoms with Crippen LogP contribution < -0.4 is 10.6 Å². The van der Waals surface area contributed by atoms with E-state index in [2.05, 4.69) is 22.5 Å². The number of guanidine groups is 1. The molecule has 2 N–H and O–H groups in total. The van der Waals surface area contributed by atoms with Gasteiger partial charge < -0.3 is 20.4 Å². The Morgan fingerprint density at radius 2 is 1.88 bits per heavy atom. The first-order valence-electron chi connectivity index (χ1n) is 8.88. The predicted molar refractivity (Wildman–Crippen MR) is 96.9 cm³/mol. The van der Waals surface area contributed by atoms with Crippen molar-refractivity contribution >= 4 is 17.8 Å². The third kappa shape index (κ3) is 6.76. The number of rotatable bonds is 6. The van der Waals surface area contributed by atoms with Crippen LogP contribution in [0.3, 0.4) is 0 Å². The van der Waals surface area contributed by atoms with Gasteiger partial charge in [0.05, 0.1) is 0 Å². The van der Waals surface area contributed by atoms with Gasteiger partial charge in [0.25, 0.3) is 0 Å². The summed E-state index contributed by atoms with van der Waals surface area (Å²) in [6.07, 6.45) is 2.78. The van der Waals surface area contributed by atoms with E-state index in [4.69, 9.17) is 0 Å². The lowest BCUT2D eigenvalue weighted by atomic mass is 10.0. The molecule has 0 radical (unpaired) electrons. The number of nitrogens with zero attached hydrogens (tertiary/aromatic N) is 3. The van der Waals surface area contributed by atoms with Crippen LogP contribution in [0.5, 0.6) is 0 Å². The summed E-state index contributed by atoms with van der Waals surface area (Å²) in [6.45, 7) is 8.45. The number of hydrogen-bond donors (Lipinski definition) is 2. The zero-order valence-electron chi connectivity index (χ0n) is 15.8. The van der Waals surface area contributed by atoms with Crippen molar-refractivity contribution in [1.29, 1.82) is 0 Å². The molecule has 7 heteroatoms. The molecule has 0 aliphatic carbocycles. The predicted octanol–water partition coefficient (Wildman–Crippen LogP) is 0.667. The van der Waals surface area contributed by atoms with Crippen molar-refractivity contribution in [1.82, 2.24) is 20.4 Å². The normalized spacial score (nSPS) is 16.2. The Morgan fingerprint density at radius 1 is 1.25 bits per heavy atom. The highest BCUT2D eigenvalue weighted by Gasteiger charge is 2.24.